The van der Waals surface area contributed by atoms with Crippen LogP contribution in [0.15, 0.2) is 18.2 Å². The molecule has 0 radical (unpaired) electrons. The van der Waals surface area contributed by atoms with Crippen molar-refractivity contribution in [1.82, 2.24) is 5.32 Å². The summed E-state index contributed by atoms with van der Waals surface area (Å²) in [6.45, 7) is 3.88. The molecule has 0 aliphatic rings. The number of carbonyl (C=O) groups excluding carboxylic acids is 1. The summed E-state index contributed by atoms with van der Waals surface area (Å²) in [5, 5.41) is 3.81. The molecule has 0 fully saturated rings. The lowest BCUT2D eigenvalue weighted by Gasteiger charge is -2.19. The van der Waals surface area contributed by atoms with Crippen molar-refractivity contribution < 1.29 is 9.18 Å². The quantitative estimate of drug-likeness (QED) is 0.843. The van der Waals surface area contributed by atoms with Gasteiger partial charge in [0.15, 0.2) is 0 Å². The van der Waals surface area contributed by atoms with E-state index in [1.165, 1.54) is 12.1 Å². The van der Waals surface area contributed by atoms with Crippen molar-refractivity contribution >= 4 is 33.4 Å². The average Bonchev–Trinajstić information content (AvgIpc) is 2.27. The molecule has 2 nitrogen and oxygen atoms in total. The highest BCUT2D eigenvalue weighted by atomic mass is 79.9. The zero-order chi connectivity index (χ0) is 13.0. The molecule has 1 rings (SSSR count). The van der Waals surface area contributed by atoms with Crippen LogP contribution >= 0.6 is 27.5 Å². The standard InChI is InChI=1S/C12H14BrClFNO/c1-7(6-13)8(2)16-12(17)10-4-3-9(14)5-11(10)15/h3-5,7-8H,6H2,1-2H3,(H,16,17). The Kier molecular flexibility index (Phi) is 5.40. The molecule has 0 spiro atoms. The number of benzene rings is 1. The number of amides is 1. The normalized spacial score (nSPS) is 14.2. The second-order valence-electron chi connectivity index (χ2n) is 4.02. The minimum absolute atomic E-state index is 0.0167. The van der Waals surface area contributed by atoms with Gasteiger partial charge in [0, 0.05) is 16.4 Å². The molecule has 0 saturated heterocycles. The van der Waals surface area contributed by atoms with Gasteiger partial charge < -0.3 is 5.32 Å². The van der Waals surface area contributed by atoms with Crippen LogP contribution in [0.2, 0.25) is 5.02 Å². The lowest BCUT2D eigenvalue weighted by atomic mass is 10.1. The molecule has 0 heterocycles. The van der Waals surface area contributed by atoms with E-state index in [4.69, 9.17) is 11.6 Å². The van der Waals surface area contributed by atoms with Crippen LogP contribution in [0.5, 0.6) is 0 Å². The lowest BCUT2D eigenvalue weighted by Crippen LogP contribution is -2.38. The van der Waals surface area contributed by atoms with Crippen molar-refractivity contribution in [3.8, 4) is 0 Å². The molecule has 1 amide bonds. The maximum absolute atomic E-state index is 13.5. The summed E-state index contributed by atoms with van der Waals surface area (Å²) in [6, 6.07) is 3.99. The summed E-state index contributed by atoms with van der Waals surface area (Å²) >= 11 is 8.97. The molecule has 94 valence electrons. The Bertz CT molecular complexity index is 413. The Morgan fingerprint density at radius 1 is 1.53 bits per heavy atom. The predicted molar refractivity (Wildman–Crippen MR) is 71.3 cm³/mol. The topological polar surface area (TPSA) is 29.1 Å². The van der Waals surface area contributed by atoms with Crippen LogP contribution in [-0.4, -0.2) is 17.3 Å². The van der Waals surface area contributed by atoms with Gasteiger partial charge in [-0.05, 0) is 31.0 Å². The smallest absolute Gasteiger partial charge is 0.254 e. The van der Waals surface area contributed by atoms with Gasteiger partial charge in [-0.2, -0.15) is 0 Å². The van der Waals surface area contributed by atoms with Crippen LogP contribution in [0, 0.1) is 11.7 Å². The number of nitrogens with one attached hydrogen (secondary N) is 1. The first-order valence-electron chi connectivity index (χ1n) is 5.27. The Hall–Kier alpha value is -0.610. The van der Waals surface area contributed by atoms with E-state index in [0.717, 1.165) is 11.4 Å². The van der Waals surface area contributed by atoms with Crippen LogP contribution in [0.4, 0.5) is 4.39 Å². The second-order valence-corrected chi connectivity index (χ2v) is 5.10. The average molecular weight is 323 g/mol. The van der Waals surface area contributed by atoms with Crippen molar-refractivity contribution in [2.45, 2.75) is 19.9 Å². The maximum atomic E-state index is 13.5. The highest BCUT2D eigenvalue weighted by molar-refractivity contribution is 9.09. The number of alkyl halides is 1. The van der Waals surface area contributed by atoms with Crippen LogP contribution in [0.25, 0.3) is 0 Å². The molecule has 0 aliphatic carbocycles. The van der Waals surface area contributed by atoms with Gasteiger partial charge in [-0.15, -0.1) is 0 Å². The summed E-state index contributed by atoms with van der Waals surface area (Å²) < 4.78 is 13.5. The number of rotatable bonds is 4. The molecule has 17 heavy (non-hydrogen) atoms. The summed E-state index contributed by atoms with van der Waals surface area (Å²) in [7, 11) is 0. The Morgan fingerprint density at radius 3 is 2.71 bits per heavy atom. The molecule has 0 bridgehead atoms. The van der Waals surface area contributed by atoms with E-state index >= 15 is 0 Å². The first-order valence-corrected chi connectivity index (χ1v) is 6.77. The van der Waals surface area contributed by atoms with Crippen molar-refractivity contribution in [2.75, 3.05) is 5.33 Å². The summed E-state index contributed by atoms with van der Waals surface area (Å²) in [4.78, 5) is 11.8. The third-order valence-electron chi connectivity index (χ3n) is 2.63. The van der Waals surface area contributed by atoms with E-state index in [1.54, 1.807) is 0 Å². The molecule has 1 aromatic rings. The lowest BCUT2D eigenvalue weighted by molar-refractivity contribution is 0.0927. The molecule has 2 unspecified atom stereocenters. The Balaban J connectivity index is 2.76. The minimum Gasteiger partial charge on any atom is -0.349 e. The van der Waals surface area contributed by atoms with Crippen molar-refractivity contribution in [2.24, 2.45) is 5.92 Å². The predicted octanol–water partition coefficient (Wildman–Crippen LogP) is 3.63. The van der Waals surface area contributed by atoms with Gasteiger partial charge in [-0.3, -0.25) is 4.79 Å². The number of hydrogen-bond acceptors (Lipinski definition) is 1. The van der Waals surface area contributed by atoms with E-state index < -0.39 is 11.7 Å². The van der Waals surface area contributed by atoms with Gasteiger partial charge in [0.2, 0.25) is 0 Å². The van der Waals surface area contributed by atoms with Crippen LogP contribution in [0.1, 0.15) is 24.2 Å². The summed E-state index contributed by atoms with van der Waals surface area (Å²) in [6.07, 6.45) is 0. The molecule has 2 atom stereocenters. The Labute approximate surface area is 114 Å². The molecule has 5 heteroatoms. The molecule has 1 N–H and O–H groups in total. The van der Waals surface area contributed by atoms with E-state index in [-0.39, 0.29) is 22.5 Å². The highest BCUT2D eigenvalue weighted by Gasteiger charge is 2.17. The molecule has 1 aromatic carbocycles. The van der Waals surface area contributed by atoms with Crippen molar-refractivity contribution in [3.63, 3.8) is 0 Å². The minimum atomic E-state index is -0.603. The molecule has 0 aliphatic heterocycles. The third kappa shape index (κ3) is 3.96. The van der Waals surface area contributed by atoms with Gasteiger partial charge in [0.05, 0.1) is 5.56 Å². The van der Waals surface area contributed by atoms with Crippen LogP contribution in [0.3, 0.4) is 0 Å². The number of carbonyl (C=O) groups is 1. The largest absolute Gasteiger partial charge is 0.349 e. The van der Waals surface area contributed by atoms with E-state index in [9.17, 15) is 9.18 Å². The Morgan fingerprint density at radius 2 is 2.18 bits per heavy atom. The van der Waals surface area contributed by atoms with Gasteiger partial charge in [0.25, 0.3) is 5.91 Å². The summed E-state index contributed by atoms with van der Waals surface area (Å²) in [5.74, 6) is -0.748. The number of hydrogen-bond donors (Lipinski definition) is 1. The SMILES string of the molecule is CC(CBr)C(C)NC(=O)c1ccc(Cl)cc1F. The van der Waals surface area contributed by atoms with E-state index in [2.05, 4.69) is 21.2 Å². The van der Waals surface area contributed by atoms with Gasteiger partial charge in [-0.25, -0.2) is 4.39 Å². The fraction of sp³-hybridized carbons (Fsp3) is 0.417. The third-order valence-corrected chi connectivity index (χ3v) is 3.89. The second kappa shape index (κ2) is 6.36. The molecule has 0 aromatic heterocycles. The molecular weight excluding hydrogens is 308 g/mol. The van der Waals surface area contributed by atoms with Gasteiger partial charge >= 0.3 is 0 Å². The fourth-order valence-electron chi connectivity index (χ4n) is 1.23. The van der Waals surface area contributed by atoms with Gasteiger partial charge in [-0.1, -0.05) is 34.5 Å². The highest BCUT2D eigenvalue weighted by Crippen LogP contribution is 2.15. The monoisotopic (exact) mass is 321 g/mol. The van der Waals surface area contributed by atoms with E-state index in [1.807, 2.05) is 13.8 Å². The van der Waals surface area contributed by atoms with Crippen LogP contribution in [-0.2, 0) is 0 Å². The van der Waals surface area contributed by atoms with Crippen molar-refractivity contribution in [1.29, 1.82) is 0 Å². The fourth-order valence-corrected chi connectivity index (χ4v) is 1.95. The van der Waals surface area contributed by atoms with Gasteiger partial charge in [0.1, 0.15) is 5.82 Å². The van der Waals surface area contributed by atoms with Crippen molar-refractivity contribution in [3.05, 3.63) is 34.6 Å². The van der Waals surface area contributed by atoms with Crippen LogP contribution < -0.4 is 5.32 Å². The zero-order valence-corrected chi connectivity index (χ0v) is 12.0. The molecular formula is C12H14BrClFNO. The van der Waals surface area contributed by atoms with E-state index in [0.29, 0.717) is 0 Å². The first kappa shape index (κ1) is 14.5. The zero-order valence-electron chi connectivity index (χ0n) is 9.64. The summed E-state index contributed by atoms with van der Waals surface area (Å²) in [5.41, 5.74) is 0.0167. The molecule has 0 saturated carbocycles. The number of halogens is 3. The maximum Gasteiger partial charge on any atom is 0.254 e. The first-order chi connectivity index (χ1) is 7.95.